The van der Waals surface area contributed by atoms with Crippen molar-refractivity contribution in [2.75, 3.05) is 6.54 Å². The monoisotopic (exact) mass is 275 g/mol. The summed E-state index contributed by atoms with van der Waals surface area (Å²) in [5.74, 6) is 0.292. The van der Waals surface area contributed by atoms with Gasteiger partial charge in [0.1, 0.15) is 6.54 Å². The Balaban J connectivity index is 1.64. The third-order valence-corrected chi connectivity index (χ3v) is 3.54. The fourth-order valence-electron chi connectivity index (χ4n) is 2.19. The summed E-state index contributed by atoms with van der Waals surface area (Å²) in [6.45, 7) is 0.365. The van der Waals surface area contributed by atoms with Crippen molar-refractivity contribution in [1.29, 1.82) is 0 Å². The molecule has 0 bridgehead atoms. The zero-order chi connectivity index (χ0) is 14.1. The van der Waals surface area contributed by atoms with Crippen molar-refractivity contribution < 1.29 is 4.79 Å². The maximum atomic E-state index is 12.0. The molecule has 7 heteroatoms. The second kappa shape index (κ2) is 5.09. The fourth-order valence-corrected chi connectivity index (χ4v) is 2.19. The molecule has 2 aromatic rings. The lowest BCUT2D eigenvalue weighted by Gasteiger charge is -2.11. The van der Waals surface area contributed by atoms with Crippen molar-refractivity contribution >= 4 is 11.6 Å². The first kappa shape index (κ1) is 12.9. The molecule has 20 heavy (non-hydrogen) atoms. The third-order valence-electron chi connectivity index (χ3n) is 3.54. The fraction of sp³-hybridized carbons (Fsp3) is 0.462. The van der Waals surface area contributed by atoms with Crippen LogP contribution in [0.5, 0.6) is 0 Å². The van der Waals surface area contributed by atoms with Crippen LogP contribution in [0.15, 0.2) is 29.2 Å². The smallest absolute Gasteiger partial charge is 0.350 e. The Morgan fingerprint density at radius 1 is 1.50 bits per heavy atom. The van der Waals surface area contributed by atoms with Gasteiger partial charge in [-0.25, -0.2) is 9.48 Å². The maximum absolute atomic E-state index is 12.0. The zero-order valence-electron chi connectivity index (χ0n) is 11.0. The number of nitrogens with one attached hydrogen (secondary N) is 1. The first-order valence-electron chi connectivity index (χ1n) is 6.71. The third kappa shape index (κ3) is 2.57. The average molecular weight is 275 g/mol. The summed E-state index contributed by atoms with van der Waals surface area (Å²) in [5.41, 5.74) is 6.12. The number of aromatic nitrogens is 3. The van der Waals surface area contributed by atoms with Crippen LogP contribution in [-0.4, -0.2) is 32.7 Å². The summed E-state index contributed by atoms with van der Waals surface area (Å²) < 4.78 is 2.57. The Morgan fingerprint density at radius 2 is 2.30 bits per heavy atom. The van der Waals surface area contributed by atoms with E-state index in [2.05, 4.69) is 10.4 Å². The number of hydrogen-bond acceptors (Lipinski definition) is 4. The quantitative estimate of drug-likeness (QED) is 0.758. The molecule has 1 atom stereocenters. The van der Waals surface area contributed by atoms with Crippen LogP contribution in [0.25, 0.3) is 5.65 Å². The van der Waals surface area contributed by atoms with Crippen molar-refractivity contribution in [3.05, 3.63) is 34.9 Å². The SMILES string of the molecule is NC(CNC(=O)Cn1nc2ccccn2c1=O)C1CC1. The number of amides is 1. The molecular weight excluding hydrogens is 258 g/mol. The highest BCUT2D eigenvalue weighted by atomic mass is 16.2. The van der Waals surface area contributed by atoms with Crippen LogP contribution in [0, 0.1) is 5.92 Å². The highest BCUT2D eigenvalue weighted by molar-refractivity contribution is 5.75. The molecule has 2 heterocycles. The first-order chi connectivity index (χ1) is 9.65. The van der Waals surface area contributed by atoms with Gasteiger partial charge in [0, 0.05) is 18.8 Å². The summed E-state index contributed by atoms with van der Waals surface area (Å²) in [5, 5.41) is 6.85. The van der Waals surface area contributed by atoms with Crippen molar-refractivity contribution in [3.63, 3.8) is 0 Å². The summed E-state index contributed by atoms with van der Waals surface area (Å²) in [6, 6.07) is 5.27. The molecule has 3 rings (SSSR count). The van der Waals surface area contributed by atoms with E-state index in [4.69, 9.17) is 5.73 Å². The van der Waals surface area contributed by atoms with Gasteiger partial charge in [0.2, 0.25) is 5.91 Å². The van der Waals surface area contributed by atoms with Gasteiger partial charge in [0.15, 0.2) is 5.65 Å². The molecule has 3 N–H and O–H groups in total. The van der Waals surface area contributed by atoms with Crippen LogP contribution in [-0.2, 0) is 11.3 Å². The molecule has 0 aliphatic heterocycles. The minimum Gasteiger partial charge on any atom is -0.353 e. The maximum Gasteiger partial charge on any atom is 0.350 e. The van der Waals surface area contributed by atoms with E-state index in [0.717, 1.165) is 17.5 Å². The van der Waals surface area contributed by atoms with Crippen LogP contribution in [0.2, 0.25) is 0 Å². The number of nitrogens with zero attached hydrogens (tertiary/aromatic N) is 3. The lowest BCUT2D eigenvalue weighted by Crippen LogP contribution is -2.41. The van der Waals surface area contributed by atoms with Gasteiger partial charge in [-0.05, 0) is 30.9 Å². The predicted octanol–water partition coefficient (Wildman–Crippen LogP) is -0.650. The Hall–Kier alpha value is -2.15. The van der Waals surface area contributed by atoms with E-state index in [0.29, 0.717) is 18.1 Å². The van der Waals surface area contributed by atoms with Crippen LogP contribution in [0.3, 0.4) is 0 Å². The van der Waals surface area contributed by atoms with Gasteiger partial charge in [-0.3, -0.25) is 9.20 Å². The molecule has 1 aliphatic rings. The lowest BCUT2D eigenvalue weighted by atomic mass is 10.2. The van der Waals surface area contributed by atoms with Gasteiger partial charge >= 0.3 is 5.69 Å². The molecule has 1 unspecified atom stereocenters. The highest BCUT2D eigenvalue weighted by Crippen LogP contribution is 2.31. The Morgan fingerprint density at radius 3 is 3.00 bits per heavy atom. The van der Waals surface area contributed by atoms with E-state index >= 15 is 0 Å². The van der Waals surface area contributed by atoms with Gasteiger partial charge in [-0.1, -0.05) is 6.07 Å². The van der Waals surface area contributed by atoms with E-state index in [1.807, 2.05) is 0 Å². The average Bonchev–Trinajstić information content (AvgIpc) is 3.24. The Labute approximate surface area is 115 Å². The number of pyridine rings is 1. The van der Waals surface area contributed by atoms with Crippen molar-refractivity contribution in [2.45, 2.75) is 25.4 Å². The molecule has 1 saturated carbocycles. The Kier molecular flexibility index (Phi) is 3.27. The van der Waals surface area contributed by atoms with Gasteiger partial charge in [-0.2, -0.15) is 0 Å². The molecule has 0 aromatic carbocycles. The second-order valence-electron chi connectivity index (χ2n) is 5.17. The van der Waals surface area contributed by atoms with Gasteiger partial charge < -0.3 is 11.1 Å². The minimum absolute atomic E-state index is 0.0109. The molecule has 7 nitrogen and oxygen atoms in total. The number of carbonyl (C=O) groups is 1. The van der Waals surface area contributed by atoms with Gasteiger partial charge in [0.25, 0.3) is 0 Å². The largest absolute Gasteiger partial charge is 0.353 e. The summed E-state index contributed by atoms with van der Waals surface area (Å²) in [6.07, 6.45) is 3.91. The lowest BCUT2D eigenvalue weighted by molar-refractivity contribution is -0.122. The standard InChI is InChI=1S/C13H17N5O2/c14-10(9-4-5-9)7-15-12(19)8-18-13(20)17-6-2-1-3-11(17)16-18/h1-3,6,9-10H,4-5,7-8,14H2,(H,15,19). The number of hydrogen-bond donors (Lipinski definition) is 2. The van der Waals surface area contributed by atoms with Crippen molar-refractivity contribution in [1.82, 2.24) is 19.5 Å². The topological polar surface area (TPSA) is 94.4 Å². The predicted molar refractivity (Wildman–Crippen MR) is 73.2 cm³/mol. The number of carbonyl (C=O) groups excluding carboxylic acids is 1. The van der Waals surface area contributed by atoms with Crippen LogP contribution < -0.4 is 16.7 Å². The first-order valence-corrected chi connectivity index (χ1v) is 6.71. The Bertz CT molecular complexity index is 685. The van der Waals surface area contributed by atoms with E-state index in [-0.39, 0.29) is 24.2 Å². The van der Waals surface area contributed by atoms with E-state index in [9.17, 15) is 9.59 Å². The number of rotatable bonds is 5. The molecule has 2 aromatic heterocycles. The summed E-state index contributed by atoms with van der Waals surface area (Å²) in [4.78, 5) is 23.8. The summed E-state index contributed by atoms with van der Waals surface area (Å²) >= 11 is 0. The second-order valence-corrected chi connectivity index (χ2v) is 5.17. The molecule has 0 saturated heterocycles. The summed E-state index contributed by atoms with van der Waals surface area (Å²) in [7, 11) is 0. The molecule has 0 spiro atoms. The van der Waals surface area contributed by atoms with Crippen LogP contribution in [0.4, 0.5) is 0 Å². The molecular formula is C13H17N5O2. The van der Waals surface area contributed by atoms with Gasteiger partial charge in [0.05, 0.1) is 0 Å². The van der Waals surface area contributed by atoms with Crippen molar-refractivity contribution in [2.24, 2.45) is 11.7 Å². The van der Waals surface area contributed by atoms with E-state index in [1.54, 1.807) is 24.4 Å². The highest BCUT2D eigenvalue weighted by Gasteiger charge is 2.28. The molecule has 1 amide bonds. The molecule has 106 valence electrons. The van der Waals surface area contributed by atoms with Crippen LogP contribution >= 0.6 is 0 Å². The van der Waals surface area contributed by atoms with E-state index in [1.165, 1.54) is 4.40 Å². The normalized spacial score (nSPS) is 16.2. The number of nitrogens with two attached hydrogens (primary N) is 1. The van der Waals surface area contributed by atoms with E-state index < -0.39 is 0 Å². The zero-order valence-corrected chi connectivity index (χ0v) is 11.0. The van der Waals surface area contributed by atoms with Crippen LogP contribution in [0.1, 0.15) is 12.8 Å². The number of fused-ring (bicyclic) bond motifs is 1. The van der Waals surface area contributed by atoms with Crippen molar-refractivity contribution in [3.8, 4) is 0 Å². The molecule has 1 fully saturated rings. The molecule has 0 radical (unpaired) electrons. The molecule has 1 aliphatic carbocycles. The minimum atomic E-state index is -0.317. The van der Waals surface area contributed by atoms with Gasteiger partial charge in [-0.15, -0.1) is 5.10 Å².